The van der Waals surface area contributed by atoms with Crippen molar-refractivity contribution in [2.45, 2.75) is 0 Å². The number of hydrogen-bond donors (Lipinski definition) is 0. The lowest BCUT2D eigenvalue weighted by Crippen LogP contribution is -2.15. The van der Waals surface area contributed by atoms with Gasteiger partial charge >= 0.3 is 0 Å². The molecule has 1 heterocycles. The maximum absolute atomic E-state index is 8.47. The molecule has 0 N–H and O–H groups in total. The fourth-order valence-electron chi connectivity index (χ4n) is 1.33. The topological polar surface area (TPSA) is 42.2 Å². The van der Waals surface area contributed by atoms with Crippen LogP contribution < -0.4 is 9.47 Å². The quantitative estimate of drug-likeness (QED) is 0.685. The van der Waals surface area contributed by atoms with E-state index >= 15 is 0 Å². The summed E-state index contributed by atoms with van der Waals surface area (Å²) in [5, 5.41) is 8.87. The standard InChI is InChI=1S/C11H8ClNO2/c12-9(3-4-13)8-1-2-10-11(7-8)15-6-5-14-10/h1-3,7H,5-6H2/b9-3+. The first-order valence-electron chi connectivity index (χ1n) is 4.46. The fraction of sp³-hybridized carbons (Fsp3) is 0.182. The maximum Gasteiger partial charge on any atom is 0.162 e. The molecule has 4 heteroatoms. The largest absolute Gasteiger partial charge is 0.486 e. The van der Waals surface area contributed by atoms with Gasteiger partial charge in [0.25, 0.3) is 0 Å². The van der Waals surface area contributed by atoms with Gasteiger partial charge in [0.1, 0.15) is 13.2 Å². The number of rotatable bonds is 1. The van der Waals surface area contributed by atoms with Crippen molar-refractivity contribution in [3.8, 4) is 17.6 Å². The van der Waals surface area contributed by atoms with Crippen LogP contribution in [0.3, 0.4) is 0 Å². The van der Waals surface area contributed by atoms with Gasteiger partial charge in [0.05, 0.1) is 11.1 Å². The van der Waals surface area contributed by atoms with Gasteiger partial charge in [-0.25, -0.2) is 0 Å². The van der Waals surface area contributed by atoms with E-state index in [-0.39, 0.29) is 0 Å². The summed E-state index contributed by atoms with van der Waals surface area (Å²) in [6, 6.07) is 7.23. The van der Waals surface area contributed by atoms with Gasteiger partial charge in [-0.05, 0) is 23.8 Å². The van der Waals surface area contributed by atoms with Gasteiger partial charge in [-0.1, -0.05) is 11.6 Å². The Balaban J connectivity index is 2.37. The lowest BCUT2D eigenvalue weighted by atomic mass is 10.2. The lowest BCUT2D eigenvalue weighted by molar-refractivity contribution is 0.171. The second-order valence-electron chi connectivity index (χ2n) is 2.98. The summed E-state index contributed by atoms with van der Waals surface area (Å²) < 4.78 is 10.8. The average Bonchev–Trinajstić information content (AvgIpc) is 2.29. The molecule has 1 aromatic rings. The van der Waals surface area contributed by atoms with Crippen LogP contribution in [0.4, 0.5) is 0 Å². The van der Waals surface area contributed by atoms with Crippen molar-refractivity contribution < 1.29 is 9.47 Å². The second kappa shape index (κ2) is 4.24. The molecule has 15 heavy (non-hydrogen) atoms. The summed E-state index contributed by atoms with van der Waals surface area (Å²) in [7, 11) is 0. The van der Waals surface area contributed by atoms with E-state index in [1.54, 1.807) is 18.2 Å². The van der Waals surface area contributed by atoms with E-state index in [2.05, 4.69) is 0 Å². The van der Waals surface area contributed by atoms with E-state index in [1.807, 2.05) is 6.07 Å². The summed E-state index contributed by atoms with van der Waals surface area (Å²) in [4.78, 5) is 0. The Morgan fingerprint density at radius 2 is 2.07 bits per heavy atom. The molecule has 0 saturated heterocycles. The van der Waals surface area contributed by atoms with Crippen molar-refractivity contribution in [2.24, 2.45) is 0 Å². The molecule has 1 aliphatic heterocycles. The Hall–Kier alpha value is -1.66. The molecule has 0 spiro atoms. The molecule has 0 saturated carbocycles. The first-order chi connectivity index (χ1) is 7.31. The Labute approximate surface area is 92.5 Å². The van der Waals surface area contributed by atoms with Crippen molar-refractivity contribution >= 4 is 16.6 Å². The third-order valence-electron chi connectivity index (χ3n) is 2.01. The second-order valence-corrected chi connectivity index (χ2v) is 3.39. The summed E-state index contributed by atoms with van der Waals surface area (Å²) in [6.07, 6.45) is 1.28. The Morgan fingerprint density at radius 3 is 2.80 bits per heavy atom. The van der Waals surface area contributed by atoms with Gasteiger partial charge in [-0.2, -0.15) is 5.26 Å². The fourth-order valence-corrected chi connectivity index (χ4v) is 1.50. The molecule has 76 valence electrons. The number of benzene rings is 1. The van der Waals surface area contributed by atoms with Crippen LogP contribution in [0.2, 0.25) is 0 Å². The van der Waals surface area contributed by atoms with E-state index in [1.165, 1.54) is 6.08 Å². The van der Waals surface area contributed by atoms with Crippen molar-refractivity contribution in [2.75, 3.05) is 13.2 Å². The van der Waals surface area contributed by atoms with E-state index in [0.717, 1.165) is 5.56 Å². The number of nitrogens with zero attached hydrogens (tertiary/aromatic N) is 1. The predicted molar refractivity (Wildman–Crippen MR) is 56.9 cm³/mol. The van der Waals surface area contributed by atoms with Crippen LogP contribution in [0, 0.1) is 11.3 Å². The number of nitriles is 1. The van der Waals surface area contributed by atoms with E-state index < -0.39 is 0 Å². The van der Waals surface area contributed by atoms with Gasteiger partial charge in [-0.3, -0.25) is 0 Å². The molecule has 1 aliphatic rings. The molecule has 0 atom stereocenters. The minimum atomic E-state index is 0.398. The first-order valence-corrected chi connectivity index (χ1v) is 4.84. The third kappa shape index (κ3) is 2.05. The summed E-state index contributed by atoms with van der Waals surface area (Å²) in [5.74, 6) is 1.38. The lowest BCUT2D eigenvalue weighted by Gasteiger charge is -2.18. The van der Waals surface area contributed by atoms with Gasteiger partial charge in [0, 0.05) is 6.08 Å². The maximum atomic E-state index is 8.47. The summed E-state index contributed by atoms with van der Waals surface area (Å²) >= 11 is 5.89. The Kier molecular flexibility index (Phi) is 2.79. The van der Waals surface area contributed by atoms with E-state index in [0.29, 0.717) is 29.7 Å². The first kappa shape index (κ1) is 9.88. The highest BCUT2D eigenvalue weighted by atomic mass is 35.5. The van der Waals surface area contributed by atoms with Crippen molar-refractivity contribution in [3.05, 3.63) is 29.8 Å². The van der Waals surface area contributed by atoms with Crippen LogP contribution in [0.25, 0.3) is 5.03 Å². The Morgan fingerprint density at radius 1 is 1.33 bits per heavy atom. The molecule has 0 radical (unpaired) electrons. The van der Waals surface area contributed by atoms with Gasteiger partial charge in [-0.15, -0.1) is 0 Å². The highest BCUT2D eigenvalue weighted by Gasteiger charge is 2.12. The molecule has 0 bridgehead atoms. The van der Waals surface area contributed by atoms with Crippen LogP contribution in [-0.2, 0) is 0 Å². The minimum absolute atomic E-state index is 0.398. The number of ether oxygens (including phenoxy) is 2. The molecule has 0 aliphatic carbocycles. The predicted octanol–water partition coefficient (Wildman–Crippen LogP) is 2.56. The average molecular weight is 222 g/mol. The van der Waals surface area contributed by atoms with E-state index in [9.17, 15) is 0 Å². The number of halogens is 1. The van der Waals surface area contributed by atoms with E-state index in [4.69, 9.17) is 26.3 Å². The number of allylic oxidation sites excluding steroid dienone is 1. The smallest absolute Gasteiger partial charge is 0.162 e. The Bertz CT molecular complexity index is 448. The van der Waals surface area contributed by atoms with Crippen molar-refractivity contribution in [1.29, 1.82) is 5.26 Å². The summed E-state index contributed by atoms with van der Waals surface area (Å²) in [5.41, 5.74) is 0.752. The molecule has 0 amide bonds. The van der Waals surface area contributed by atoms with Crippen molar-refractivity contribution in [3.63, 3.8) is 0 Å². The molecular formula is C11H8ClNO2. The highest BCUT2D eigenvalue weighted by Crippen LogP contribution is 2.33. The molecule has 0 aromatic heterocycles. The van der Waals surface area contributed by atoms with Crippen LogP contribution >= 0.6 is 11.6 Å². The van der Waals surface area contributed by atoms with Crippen LogP contribution in [-0.4, -0.2) is 13.2 Å². The molecule has 1 aromatic carbocycles. The molecule has 0 fully saturated rings. The number of hydrogen-bond acceptors (Lipinski definition) is 3. The zero-order valence-corrected chi connectivity index (χ0v) is 8.62. The molecule has 2 rings (SSSR count). The third-order valence-corrected chi connectivity index (χ3v) is 2.34. The molecule has 3 nitrogen and oxygen atoms in total. The van der Waals surface area contributed by atoms with Gasteiger partial charge in [0.15, 0.2) is 11.5 Å². The minimum Gasteiger partial charge on any atom is -0.486 e. The van der Waals surface area contributed by atoms with Crippen molar-refractivity contribution in [1.82, 2.24) is 0 Å². The van der Waals surface area contributed by atoms with Crippen LogP contribution in [0.15, 0.2) is 24.3 Å². The number of fused-ring (bicyclic) bond motifs is 1. The molecular weight excluding hydrogens is 214 g/mol. The van der Waals surface area contributed by atoms with Crippen LogP contribution in [0.1, 0.15) is 5.56 Å². The monoisotopic (exact) mass is 221 g/mol. The van der Waals surface area contributed by atoms with Gasteiger partial charge < -0.3 is 9.47 Å². The zero-order valence-electron chi connectivity index (χ0n) is 7.87. The SMILES string of the molecule is N#C/C=C(/Cl)c1ccc2c(c1)OCCO2. The highest BCUT2D eigenvalue weighted by molar-refractivity contribution is 6.49. The van der Waals surface area contributed by atoms with Crippen LogP contribution in [0.5, 0.6) is 11.5 Å². The summed E-state index contributed by atoms with van der Waals surface area (Å²) in [6.45, 7) is 1.10. The normalized spacial score (nSPS) is 14.5. The zero-order chi connectivity index (χ0) is 10.7. The van der Waals surface area contributed by atoms with Gasteiger partial charge in [0.2, 0.25) is 0 Å². The molecule has 0 unspecified atom stereocenters.